The van der Waals surface area contributed by atoms with Gasteiger partial charge in [-0.05, 0) is 23.3 Å². The highest BCUT2D eigenvalue weighted by Crippen LogP contribution is 2.34. The third-order valence-electron chi connectivity index (χ3n) is 5.24. The Bertz CT molecular complexity index is 1110. The number of fused-ring (bicyclic) bond motifs is 1. The molecule has 1 atom stereocenters. The van der Waals surface area contributed by atoms with E-state index in [-0.39, 0.29) is 24.9 Å². The molecule has 0 radical (unpaired) electrons. The van der Waals surface area contributed by atoms with Crippen LogP contribution in [0.1, 0.15) is 23.6 Å². The summed E-state index contributed by atoms with van der Waals surface area (Å²) in [4.78, 5) is 13.3. The van der Waals surface area contributed by atoms with Gasteiger partial charge >= 0.3 is 0 Å². The molecule has 160 valence electrons. The van der Waals surface area contributed by atoms with Gasteiger partial charge in [-0.2, -0.15) is 0 Å². The van der Waals surface area contributed by atoms with Crippen LogP contribution in [0.4, 0.5) is 5.69 Å². The summed E-state index contributed by atoms with van der Waals surface area (Å²) in [6.07, 6.45) is 0.581. The number of amides is 1. The Labute approximate surface area is 182 Å². The van der Waals surface area contributed by atoms with Crippen molar-refractivity contribution >= 4 is 21.6 Å². The van der Waals surface area contributed by atoms with Gasteiger partial charge in [0.15, 0.2) is 6.10 Å². The molecule has 3 aromatic rings. The van der Waals surface area contributed by atoms with Gasteiger partial charge in [0.25, 0.3) is 5.91 Å². The Morgan fingerprint density at radius 1 is 0.935 bits per heavy atom. The normalized spacial score (nSPS) is 16.2. The molecule has 7 heteroatoms. The average molecular weight is 437 g/mol. The van der Waals surface area contributed by atoms with E-state index in [9.17, 15) is 13.2 Å². The molecule has 0 bridgehead atoms. The molecular weight excluding hydrogens is 412 g/mol. The van der Waals surface area contributed by atoms with Gasteiger partial charge < -0.3 is 10.1 Å². The highest BCUT2D eigenvalue weighted by atomic mass is 32.2. The molecule has 1 aliphatic rings. The molecular formula is C24H24N2O4S. The maximum absolute atomic E-state index is 13.3. The van der Waals surface area contributed by atoms with Gasteiger partial charge in [0.05, 0.1) is 18.0 Å². The second-order valence-corrected chi connectivity index (χ2v) is 9.37. The van der Waals surface area contributed by atoms with Crippen molar-refractivity contribution in [1.82, 2.24) is 5.32 Å². The van der Waals surface area contributed by atoms with Crippen molar-refractivity contribution in [2.75, 3.05) is 17.1 Å². The van der Waals surface area contributed by atoms with Crippen molar-refractivity contribution in [2.45, 2.75) is 18.6 Å². The predicted molar refractivity (Wildman–Crippen MR) is 121 cm³/mol. The van der Waals surface area contributed by atoms with Gasteiger partial charge in [-0.25, -0.2) is 8.42 Å². The summed E-state index contributed by atoms with van der Waals surface area (Å²) >= 11 is 0. The van der Waals surface area contributed by atoms with Crippen molar-refractivity contribution in [3.8, 4) is 5.75 Å². The van der Waals surface area contributed by atoms with Gasteiger partial charge in [0.1, 0.15) is 5.75 Å². The largest absolute Gasteiger partial charge is 0.478 e. The molecule has 1 heterocycles. The number of benzene rings is 3. The quantitative estimate of drug-likeness (QED) is 0.664. The van der Waals surface area contributed by atoms with Crippen molar-refractivity contribution in [3.63, 3.8) is 0 Å². The lowest BCUT2D eigenvalue weighted by Gasteiger charge is -2.23. The smallest absolute Gasteiger partial charge is 0.261 e. The highest BCUT2D eigenvalue weighted by Gasteiger charge is 2.32. The third-order valence-corrected chi connectivity index (χ3v) is 6.42. The molecule has 1 aliphatic heterocycles. The van der Waals surface area contributed by atoms with E-state index in [1.54, 1.807) is 24.3 Å². The van der Waals surface area contributed by atoms with Crippen LogP contribution in [0, 0.1) is 0 Å². The number of nitrogens with one attached hydrogen (secondary N) is 1. The standard InChI is InChI=1S/C24H24N2O4S/c1-31(28,29)26-17-16-22(30-21-15-9-8-14-20(21)26)24(27)25-23(18-10-4-2-5-11-18)19-12-6-3-7-13-19/h2-15,22-23H,16-17H2,1H3,(H,25,27)/t22-/m1/s1. The van der Waals surface area contributed by atoms with E-state index in [1.807, 2.05) is 60.7 Å². The second-order valence-electron chi connectivity index (χ2n) is 7.46. The maximum atomic E-state index is 13.3. The molecule has 0 spiro atoms. The lowest BCUT2D eigenvalue weighted by molar-refractivity contribution is -0.128. The number of hydrogen-bond donors (Lipinski definition) is 1. The first-order chi connectivity index (χ1) is 14.9. The number of carbonyl (C=O) groups excluding carboxylic acids is 1. The summed E-state index contributed by atoms with van der Waals surface area (Å²) in [6, 6.07) is 26.0. The Balaban J connectivity index is 1.62. The van der Waals surface area contributed by atoms with E-state index in [4.69, 9.17) is 4.74 Å². The topological polar surface area (TPSA) is 75.7 Å². The molecule has 4 rings (SSSR count). The molecule has 0 saturated carbocycles. The molecule has 0 aliphatic carbocycles. The number of hydrogen-bond acceptors (Lipinski definition) is 4. The first-order valence-corrected chi connectivity index (χ1v) is 11.9. The Hall–Kier alpha value is -3.32. The first-order valence-electron chi connectivity index (χ1n) is 10.1. The van der Waals surface area contributed by atoms with Gasteiger partial charge in [-0.1, -0.05) is 72.8 Å². The van der Waals surface area contributed by atoms with Crippen LogP contribution in [-0.4, -0.2) is 33.2 Å². The lowest BCUT2D eigenvalue weighted by Crippen LogP contribution is -2.41. The van der Waals surface area contributed by atoms with Crippen molar-refractivity contribution < 1.29 is 17.9 Å². The molecule has 0 fully saturated rings. The minimum absolute atomic E-state index is 0.162. The van der Waals surface area contributed by atoms with Crippen LogP contribution in [0.5, 0.6) is 5.75 Å². The zero-order valence-corrected chi connectivity index (χ0v) is 18.0. The zero-order valence-electron chi connectivity index (χ0n) is 17.1. The summed E-state index contributed by atoms with van der Waals surface area (Å²) in [6.45, 7) is 0.162. The van der Waals surface area contributed by atoms with Gasteiger partial charge in [0, 0.05) is 13.0 Å². The number of rotatable bonds is 5. The van der Waals surface area contributed by atoms with Gasteiger partial charge in [-0.3, -0.25) is 9.10 Å². The van der Waals surface area contributed by atoms with Crippen molar-refractivity contribution in [1.29, 1.82) is 0 Å². The molecule has 3 aromatic carbocycles. The fourth-order valence-electron chi connectivity index (χ4n) is 3.74. The fraction of sp³-hybridized carbons (Fsp3) is 0.208. The third kappa shape index (κ3) is 4.72. The SMILES string of the molecule is CS(=O)(=O)N1CC[C@H](C(=O)NC(c2ccccc2)c2ccccc2)Oc2ccccc21. The van der Waals surface area contributed by atoms with Crippen LogP contribution in [0.15, 0.2) is 84.9 Å². The van der Waals surface area contributed by atoms with Crippen molar-refractivity contribution in [3.05, 3.63) is 96.1 Å². The minimum Gasteiger partial charge on any atom is -0.478 e. The summed E-state index contributed by atoms with van der Waals surface area (Å²) in [5.74, 6) is 0.0874. The van der Waals surface area contributed by atoms with Crippen LogP contribution in [0.2, 0.25) is 0 Å². The van der Waals surface area contributed by atoms with E-state index in [1.165, 1.54) is 4.31 Å². The molecule has 31 heavy (non-hydrogen) atoms. The van der Waals surface area contributed by atoms with Crippen LogP contribution < -0.4 is 14.4 Å². The van der Waals surface area contributed by atoms with Crippen LogP contribution in [0.25, 0.3) is 0 Å². The Morgan fingerprint density at radius 3 is 2.06 bits per heavy atom. The van der Waals surface area contributed by atoms with Crippen LogP contribution in [0.3, 0.4) is 0 Å². The number of sulfonamides is 1. The lowest BCUT2D eigenvalue weighted by atomic mass is 9.98. The van der Waals surface area contributed by atoms with Crippen molar-refractivity contribution in [2.24, 2.45) is 0 Å². The number of ether oxygens (including phenoxy) is 1. The number of anilines is 1. The van der Waals surface area contributed by atoms with E-state index >= 15 is 0 Å². The molecule has 0 unspecified atom stereocenters. The zero-order chi connectivity index (χ0) is 21.8. The Kier molecular flexibility index (Phi) is 5.95. The second kappa shape index (κ2) is 8.81. The molecule has 1 N–H and O–H groups in total. The minimum atomic E-state index is -3.50. The average Bonchev–Trinajstić information content (AvgIpc) is 2.98. The molecule has 0 saturated heterocycles. The number of para-hydroxylation sites is 2. The van der Waals surface area contributed by atoms with Crippen LogP contribution in [-0.2, 0) is 14.8 Å². The summed E-state index contributed by atoms with van der Waals surface area (Å²) in [5, 5.41) is 3.10. The molecule has 0 aromatic heterocycles. The molecule has 6 nitrogen and oxygen atoms in total. The van der Waals surface area contributed by atoms with E-state index in [0.717, 1.165) is 17.4 Å². The van der Waals surface area contributed by atoms with E-state index in [0.29, 0.717) is 11.4 Å². The number of carbonyl (C=O) groups is 1. The fourth-order valence-corrected chi connectivity index (χ4v) is 4.69. The highest BCUT2D eigenvalue weighted by molar-refractivity contribution is 7.92. The summed E-state index contributed by atoms with van der Waals surface area (Å²) in [7, 11) is -3.50. The number of nitrogens with zero attached hydrogens (tertiary/aromatic N) is 1. The summed E-state index contributed by atoms with van der Waals surface area (Å²) in [5.41, 5.74) is 2.35. The van der Waals surface area contributed by atoms with Gasteiger partial charge in [0.2, 0.25) is 10.0 Å². The van der Waals surface area contributed by atoms with E-state index < -0.39 is 16.1 Å². The maximum Gasteiger partial charge on any atom is 0.261 e. The van der Waals surface area contributed by atoms with Crippen LogP contribution >= 0.6 is 0 Å². The predicted octanol–water partition coefficient (Wildman–Crippen LogP) is 3.51. The van der Waals surface area contributed by atoms with E-state index in [2.05, 4.69) is 5.32 Å². The Morgan fingerprint density at radius 2 is 1.48 bits per heavy atom. The monoisotopic (exact) mass is 436 g/mol. The first kappa shape index (κ1) is 20.9. The van der Waals surface area contributed by atoms with Gasteiger partial charge in [-0.15, -0.1) is 0 Å². The summed E-state index contributed by atoms with van der Waals surface area (Å²) < 4.78 is 31.9. The molecule has 1 amide bonds.